The van der Waals surface area contributed by atoms with Gasteiger partial charge in [-0.15, -0.1) is 0 Å². The number of alkyl halides is 2. The minimum atomic E-state index is -2.36. The van der Waals surface area contributed by atoms with Crippen molar-refractivity contribution in [2.45, 2.75) is 37.5 Å². The number of piperidine rings is 1. The highest BCUT2D eigenvalue weighted by Crippen LogP contribution is 2.28. The van der Waals surface area contributed by atoms with Crippen LogP contribution in [0.25, 0.3) is 0 Å². The highest BCUT2D eigenvalue weighted by molar-refractivity contribution is 4.89. The summed E-state index contributed by atoms with van der Waals surface area (Å²) in [5, 5.41) is 6.42. The molecule has 2 aliphatic rings. The first kappa shape index (κ1) is 10.3. The molecule has 5 heteroatoms. The summed E-state index contributed by atoms with van der Waals surface area (Å²) < 4.78 is 30.5. The zero-order valence-corrected chi connectivity index (χ0v) is 8.06. The van der Waals surface area contributed by atoms with Crippen molar-refractivity contribution in [2.24, 2.45) is 0 Å². The molecule has 2 saturated heterocycles. The van der Waals surface area contributed by atoms with Crippen molar-refractivity contribution in [1.29, 1.82) is 0 Å². The lowest BCUT2D eigenvalue weighted by Crippen LogP contribution is -2.60. The maximum absolute atomic E-state index is 12.5. The minimum absolute atomic E-state index is 0.410. The van der Waals surface area contributed by atoms with Gasteiger partial charge in [0.2, 0.25) is 0 Å². The van der Waals surface area contributed by atoms with Crippen LogP contribution >= 0.6 is 0 Å². The fourth-order valence-electron chi connectivity index (χ4n) is 2.14. The smallest absolute Gasteiger partial charge is 0.264 e. The predicted octanol–water partition coefficient (Wildman–Crippen LogP) is 0.710. The van der Waals surface area contributed by atoms with Crippen molar-refractivity contribution in [3.05, 3.63) is 0 Å². The molecule has 0 aromatic heterocycles. The van der Waals surface area contributed by atoms with Crippen molar-refractivity contribution in [1.82, 2.24) is 10.6 Å². The molecule has 2 aliphatic heterocycles. The highest BCUT2D eigenvalue weighted by Gasteiger charge is 2.40. The number of rotatable bonds is 1. The van der Waals surface area contributed by atoms with E-state index in [0.717, 1.165) is 25.9 Å². The monoisotopic (exact) mass is 206 g/mol. The van der Waals surface area contributed by atoms with Crippen molar-refractivity contribution >= 4 is 0 Å². The van der Waals surface area contributed by atoms with Gasteiger partial charge >= 0.3 is 0 Å². The van der Waals surface area contributed by atoms with Crippen molar-refractivity contribution in [3.63, 3.8) is 0 Å². The standard InChI is InChI=1S/C9H16F2N2O/c10-8(11)7-1-4-13-9(14-7)2-5-12-6-3-9/h7-8,12-13H,1-6H2. The lowest BCUT2D eigenvalue weighted by Gasteiger charge is -2.44. The van der Waals surface area contributed by atoms with E-state index < -0.39 is 18.3 Å². The summed E-state index contributed by atoms with van der Waals surface area (Å²) in [6.45, 7) is 2.31. The second-order valence-corrected chi connectivity index (χ2v) is 3.95. The third kappa shape index (κ3) is 2.04. The maximum Gasteiger partial charge on any atom is 0.264 e. The second kappa shape index (κ2) is 4.08. The number of hydrogen-bond acceptors (Lipinski definition) is 3. The van der Waals surface area contributed by atoms with Crippen LogP contribution in [0, 0.1) is 0 Å². The summed E-state index contributed by atoms with van der Waals surface area (Å²) >= 11 is 0. The van der Waals surface area contributed by atoms with Gasteiger partial charge in [-0.3, -0.25) is 5.32 Å². The van der Waals surface area contributed by atoms with Gasteiger partial charge < -0.3 is 10.1 Å². The first-order valence-electron chi connectivity index (χ1n) is 5.14. The summed E-state index contributed by atoms with van der Waals surface area (Å²) in [5.41, 5.74) is -0.482. The molecule has 0 radical (unpaired) electrons. The normalized spacial score (nSPS) is 32.4. The molecule has 1 spiro atoms. The van der Waals surface area contributed by atoms with Gasteiger partial charge in [0.15, 0.2) is 0 Å². The van der Waals surface area contributed by atoms with Gasteiger partial charge in [0.25, 0.3) is 6.43 Å². The molecule has 0 aromatic carbocycles. The summed E-state index contributed by atoms with van der Waals surface area (Å²) in [4.78, 5) is 0. The SMILES string of the molecule is FC(F)C1CCNC2(CCNCC2)O1. The topological polar surface area (TPSA) is 33.3 Å². The van der Waals surface area contributed by atoms with Crippen LogP contribution in [0.4, 0.5) is 8.78 Å². The number of ether oxygens (including phenoxy) is 1. The lowest BCUT2D eigenvalue weighted by atomic mass is 9.98. The number of halogens is 2. The Hall–Kier alpha value is -0.260. The molecule has 2 N–H and O–H groups in total. The van der Waals surface area contributed by atoms with E-state index in [0.29, 0.717) is 13.0 Å². The molecule has 3 nitrogen and oxygen atoms in total. The first-order chi connectivity index (χ1) is 6.72. The van der Waals surface area contributed by atoms with E-state index in [-0.39, 0.29) is 0 Å². The van der Waals surface area contributed by atoms with E-state index in [1.54, 1.807) is 0 Å². The third-order valence-electron chi connectivity index (χ3n) is 2.95. The molecule has 0 bridgehead atoms. The Kier molecular flexibility index (Phi) is 2.99. The Morgan fingerprint density at radius 3 is 2.57 bits per heavy atom. The summed E-state index contributed by atoms with van der Waals surface area (Å²) in [7, 11) is 0. The summed E-state index contributed by atoms with van der Waals surface area (Å²) in [6, 6.07) is 0. The molecule has 1 unspecified atom stereocenters. The highest BCUT2D eigenvalue weighted by atomic mass is 19.3. The van der Waals surface area contributed by atoms with Gasteiger partial charge in [-0.1, -0.05) is 0 Å². The van der Waals surface area contributed by atoms with Gasteiger partial charge in [0.1, 0.15) is 11.8 Å². The van der Waals surface area contributed by atoms with E-state index in [1.165, 1.54) is 0 Å². The Morgan fingerprint density at radius 2 is 1.93 bits per heavy atom. The number of nitrogens with one attached hydrogen (secondary N) is 2. The lowest BCUT2D eigenvalue weighted by molar-refractivity contribution is -0.193. The maximum atomic E-state index is 12.5. The molecule has 82 valence electrons. The fourth-order valence-corrected chi connectivity index (χ4v) is 2.14. The second-order valence-electron chi connectivity index (χ2n) is 3.95. The Bertz CT molecular complexity index is 190. The van der Waals surface area contributed by atoms with Crippen LogP contribution in [0.5, 0.6) is 0 Å². The van der Waals surface area contributed by atoms with Crippen molar-refractivity contribution in [2.75, 3.05) is 19.6 Å². The van der Waals surface area contributed by atoms with Crippen LogP contribution in [-0.4, -0.2) is 37.9 Å². The Balaban J connectivity index is 1.97. The molecule has 2 heterocycles. The molecule has 0 amide bonds. The summed E-state index contributed by atoms with van der Waals surface area (Å²) in [5.74, 6) is 0. The Morgan fingerprint density at radius 1 is 1.21 bits per heavy atom. The molecular weight excluding hydrogens is 190 g/mol. The largest absolute Gasteiger partial charge is 0.351 e. The third-order valence-corrected chi connectivity index (χ3v) is 2.95. The summed E-state index contributed by atoms with van der Waals surface area (Å²) in [6.07, 6.45) is -1.28. The molecule has 2 rings (SSSR count). The Labute approximate surface area is 82.2 Å². The quantitative estimate of drug-likeness (QED) is 0.663. The first-order valence-corrected chi connectivity index (χ1v) is 5.14. The van der Waals surface area contributed by atoms with E-state index >= 15 is 0 Å². The van der Waals surface area contributed by atoms with Crippen LogP contribution < -0.4 is 10.6 Å². The van der Waals surface area contributed by atoms with Crippen LogP contribution in [0.15, 0.2) is 0 Å². The van der Waals surface area contributed by atoms with E-state index in [9.17, 15) is 8.78 Å². The van der Waals surface area contributed by atoms with Gasteiger partial charge in [-0.05, 0) is 19.5 Å². The zero-order chi connectivity index (χ0) is 10.0. The molecule has 14 heavy (non-hydrogen) atoms. The minimum Gasteiger partial charge on any atom is -0.351 e. The van der Waals surface area contributed by atoms with Gasteiger partial charge in [-0.2, -0.15) is 0 Å². The van der Waals surface area contributed by atoms with Crippen LogP contribution in [0.1, 0.15) is 19.3 Å². The van der Waals surface area contributed by atoms with Crippen LogP contribution in [-0.2, 0) is 4.74 Å². The van der Waals surface area contributed by atoms with E-state index in [4.69, 9.17) is 4.74 Å². The molecule has 0 aromatic rings. The molecular formula is C9H16F2N2O. The van der Waals surface area contributed by atoms with E-state index in [2.05, 4.69) is 10.6 Å². The molecule has 2 fully saturated rings. The predicted molar refractivity (Wildman–Crippen MR) is 48.3 cm³/mol. The van der Waals surface area contributed by atoms with Gasteiger partial charge in [0.05, 0.1) is 0 Å². The van der Waals surface area contributed by atoms with Gasteiger partial charge in [0, 0.05) is 19.4 Å². The van der Waals surface area contributed by atoms with Crippen LogP contribution in [0.3, 0.4) is 0 Å². The number of hydrogen-bond donors (Lipinski definition) is 2. The fraction of sp³-hybridized carbons (Fsp3) is 1.00. The average Bonchev–Trinajstić information content (AvgIpc) is 2.19. The molecule has 0 aliphatic carbocycles. The molecule has 1 atom stereocenters. The van der Waals surface area contributed by atoms with Crippen molar-refractivity contribution in [3.8, 4) is 0 Å². The zero-order valence-electron chi connectivity index (χ0n) is 8.06. The van der Waals surface area contributed by atoms with Gasteiger partial charge in [-0.25, -0.2) is 8.78 Å². The van der Waals surface area contributed by atoms with E-state index in [1.807, 2.05) is 0 Å². The average molecular weight is 206 g/mol. The van der Waals surface area contributed by atoms with Crippen molar-refractivity contribution < 1.29 is 13.5 Å². The van der Waals surface area contributed by atoms with Crippen LogP contribution in [0.2, 0.25) is 0 Å². The molecule has 0 saturated carbocycles.